The van der Waals surface area contributed by atoms with Crippen molar-refractivity contribution in [3.8, 4) is 11.6 Å². The number of hydrogen-bond donors (Lipinski definition) is 2. The largest absolute Gasteiger partial charge is 0.494 e. The number of carbonyl (C=O) groups is 2. The van der Waals surface area contributed by atoms with E-state index in [0.717, 1.165) is 18.3 Å². The topological polar surface area (TPSA) is 136 Å². The van der Waals surface area contributed by atoms with Gasteiger partial charge < -0.3 is 48.8 Å². The summed E-state index contributed by atoms with van der Waals surface area (Å²) in [5, 5.41) is 6.94. The van der Waals surface area contributed by atoms with Gasteiger partial charge in [-0.2, -0.15) is 9.97 Å². The van der Waals surface area contributed by atoms with Crippen molar-refractivity contribution in [1.82, 2.24) is 24.3 Å². The van der Waals surface area contributed by atoms with Crippen LogP contribution in [0.25, 0.3) is 11.0 Å². The van der Waals surface area contributed by atoms with Gasteiger partial charge in [0.2, 0.25) is 17.7 Å². The second-order valence-electron chi connectivity index (χ2n) is 15.0. The van der Waals surface area contributed by atoms with E-state index in [1.165, 1.54) is 6.08 Å². The summed E-state index contributed by atoms with van der Waals surface area (Å²) in [7, 11) is 6.30. The second-order valence-corrected chi connectivity index (χ2v) is 20.6. The maximum Gasteiger partial charge on any atom is 0.410 e. The van der Waals surface area contributed by atoms with Gasteiger partial charge in [-0.25, -0.2) is 4.79 Å². The van der Waals surface area contributed by atoms with Gasteiger partial charge in [0.25, 0.3) is 0 Å². The maximum atomic E-state index is 12.6. The van der Waals surface area contributed by atoms with Crippen LogP contribution in [-0.2, 0) is 21.0 Å². The lowest BCUT2D eigenvalue weighted by atomic mass is 10.1. The van der Waals surface area contributed by atoms with Crippen molar-refractivity contribution in [2.75, 3.05) is 76.6 Å². The van der Waals surface area contributed by atoms with E-state index in [9.17, 15) is 9.59 Å². The molecule has 1 aliphatic heterocycles. The van der Waals surface area contributed by atoms with Gasteiger partial charge in [-0.05, 0) is 59.1 Å². The molecule has 2 amide bonds. The minimum atomic E-state index is -1.26. The van der Waals surface area contributed by atoms with Crippen LogP contribution < -0.4 is 25.0 Å². The Morgan fingerprint density at radius 3 is 2.44 bits per heavy atom. The van der Waals surface area contributed by atoms with Crippen molar-refractivity contribution >= 4 is 54.1 Å². The van der Waals surface area contributed by atoms with Crippen LogP contribution in [0.5, 0.6) is 11.6 Å². The number of methoxy groups -OCH3 is 1. The Morgan fingerprint density at radius 2 is 1.82 bits per heavy atom. The normalized spacial score (nSPS) is 13.6. The number of fused-ring (bicyclic) bond motifs is 1. The number of amides is 2. The zero-order valence-corrected chi connectivity index (χ0v) is 32.3. The third kappa shape index (κ3) is 10.6. The van der Waals surface area contributed by atoms with Crippen LogP contribution in [0.3, 0.4) is 0 Å². The first kappa shape index (κ1) is 38.5. The molecule has 2 N–H and O–H groups in total. The Morgan fingerprint density at radius 1 is 1.10 bits per heavy atom. The number of aromatic nitrogens is 3. The van der Waals surface area contributed by atoms with Gasteiger partial charge in [0, 0.05) is 47.1 Å². The Balaban J connectivity index is 1.67. The first-order valence-electron chi connectivity index (χ1n) is 16.8. The molecular formula is C35H54N8O6Si. The van der Waals surface area contributed by atoms with Crippen LogP contribution in [0.2, 0.25) is 25.7 Å². The zero-order chi connectivity index (χ0) is 36.8. The van der Waals surface area contributed by atoms with E-state index in [2.05, 4.69) is 41.8 Å². The van der Waals surface area contributed by atoms with Crippen molar-refractivity contribution in [1.29, 1.82) is 0 Å². The van der Waals surface area contributed by atoms with Crippen LogP contribution >= 0.6 is 0 Å². The lowest BCUT2D eigenvalue weighted by Crippen LogP contribution is -2.57. The van der Waals surface area contributed by atoms with Gasteiger partial charge in [0.15, 0.2) is 5.65 Å². The third-order valence-electron chi connectivity index (χ3n) is 7.89. The molecule has 3 heterocycles. The summed E-state index contributed by atoms with van der Waals surface area (Å²) in [6.07, 6.45) is 2.47. The van der Waals surface area contributed by atoms with Gasteiger partial charge in [-0.1, -0.05) is 26.2 Å². The Labute approximate surface area is 296 Å². The van der Waals surface area contributed by atoms with Gasteiger partial charge in [0.05, 0.1) is 42.6 Å². The molecule has 0 bridgehead atoms. The first-order chi connectivity index (χ1) is 23.5. The molecule has 4 rings (SSSR count). The Kier molecular flexibility index (Phi) is 12.4. The van der Waals surface area contributed by atoms with E-state index in [0.29, 0.717) is 67.0 Å². The molecular weight excluding hydrogens is 657 g/mol. The predicted molar refractivity (Wildman–Crippen MR) is 201 cm³/mol. The fraction of sp³-hybridized carbons (Fsp3) is 0.543. The zero-order valence-electron chi connectivity index (χ0n) is 31.3. The summed E-state index contributed by atoms with van der Waals surface area (Å²) in [6.45, 7) is 19.3. The summed E-state index contributed by atoms with van der Waals surface area (Å²) in [6, 6.07) is 6.60. The van der Waals surface area contributed by atoms with E-state index >= 15 is 0 Å². The highest BCUT2D eigenvalue weighted by Crippen LogP contribution is 2.39. The molecule has 0 aliphatic carbocycles. The molecule has 3 aromatic rings. The fourth-order valence-corrected chi connectivity index (χ4v) is 5.76. The molecule has 0 radical (unpaired) electrons. The average molecular weight is 711 g/mol. The Bertz CT molecular complexity index is 1660. The molecule has 274 valence electrons. The lowest BCUT2D eigenvalue weighted by molar-refractivity contribution is -0.111. The minimum Gasteiger partial charge on any atom is -0.494 e. The molecule has 14 nitrogen and oxygen atoms in total. The number of anilines is 4. The van der Waals surface area contributed by atoms with Crippen molar-refractivity contribution in [2.24, 2.45) is 0 Å². The predicted octanol–water partition coefficient (Wildman–Crippen LogP) is 5.62. The molecule has 0 atom stereocenters. The summed E-state index contributed by atoms with van der Waals surface area (Å²) in [5.41, 5.74) is 1.90. The smallest absolute Gasteiger partial charge is 0.410 e. The van der Waals surface area contributed by atoms with E-state index < -0.39 is 13.7 Å². The molecule has 2 aromatic heterocycles. The van der Waals surface area contributed by atoms with E-state index in [1.54, 1.807) is 18.1 Å². The highest BCUT2D eigenvalue weighted by Gasteiger charge is 2.36. The first-order valence-corrected chi connectivity index (χ1v) is 20.5. The summed E-state index contributed by atoms with van der Waals surface area (Å²) in [5.74, 6) is 0.804. The van der Waals surface area contributed by atoms with Gasteiger partial charge in [-0.15, -0.1) is 0 Å². The number of likely N-dealkylation sites (tertiary alicyclic amines) is 1. The van der Waals surface area contributed by atoms with Crippen molar-refractivity contribution < 1.29 is 28.5 Å². The van der Waals surface area contributed by atoms with E-state index in [1.807, 2.05) is 69.7 Å². The number of carbonyl (C=O) groups excluding carboxylic acids is 2. The molecule has 0 spiro atoms. The SMILES string of the molecule is C=CC(=O)Nc1cc(Nc2nc(OC3CN(C(=O)OC(C)(C)C)C3)c3ccn(COCC[Si](C)(C)C)c3n2)c(OC)cc1N(C)CCN(C)C. The number of rotatable bonds is 16. The summed E-state index contributed by atoms with van der Waals surface area (Å²) < 4.78 is 25.7. The van der Waals surface area contributed by atoms with Crippen molar-refractivity contribution in [3.05, 3.63) is 37.1 Å². The third-order valence-corrected chi connectivity index (χ3v) is 9.59. The molecule has 1 fully saturated rings. The number of likely N-dealkylation sites (N-methyl/N-ethyl adjacent to an activating group) is 2. The Hall–Kier alpha value is -4.34. The highest BCUT2D eigenvalue weighted by molar-refractivity contribution is 6.76. The average Bonchev–Trinajstić information content (AvgIpc) is 3.41. The number of nitrogens with zero attached hydrogens (tertiary/aromatic N) is 6. The highest BCUT2D eigenvalue weighted by atomic mass is 28.3. The van der Waals surface area contributed by atoms with Crippen LogP contribution in [0.15, 0.2) is 37.1 Å². The second kappa shape index (κ2) is 16.1. The molecule has 15 heteroatoms. The van der Waals surface area contributed by atoms with Crippen LogP contribution in [-0.4, -0.2) is 117 Å². The van der Waals surface area contributed by atoms with Gasteiger partial charge >= 0.3 is 6.09 Å². The lowest BCUT2D eigenvalue weighted by Gasteiger charge is -2.39. The number of hydrogen-bond acceptors (Lipinski definition) is 11. The fourth-order valence-electron chi connectivity index (χ4n) is 5.00. The number of benzene rings is 1. The monoisotopic (exact) mass is 710 g/mol. The van der Waals surface area contributed by atoms with Crippen LogP contribution in [0.4, 0.5) is 27.8 Å². The van der Waals surface area contributed by atoms with Gasteiger partial charge in [0.1, 0.15) is 24.2 Å². The standard InChI is InChI=1S/C35H54N8O6Si/c1-12-30(44)36-26-19-27(29(46-8)20-28(26)41(7)16-15-40(5)6)37-33-38-31-25(13-14-42(31)23-47-17-18-50(9,10)11)32(39-33)48-24-21-43(22-24)34(45)49-35(2,3)4/h12-14,19-20,24H,1,15-18,21-23H2,2-11H3,(H,36,44)(H,37,38,39). The quantitative estimate of drug-likeness (QED) is 0.109. The molecule has 0 saturated carbocycles. The molecule has 1 aromatic carbocycles. The number of ether oxygens (including phenoxy) is 4. The maximum absolute atomic E-state index is 12.6. The molecule has 0 unspecified atom stereocenters. The van der Waals surface area contributed by atoms with E-state index in [-0.39, 0.29) is 24.1 Å². The summed E-state index contributed by atoms with van der Waals surface area (Å²) >= 11 is 0. The molecule has 1 aliphatic rings. The summed E-state index contributed by atoms with van der Waals surface area (Å²) in [4.78, 5) is 40.4. The van der Waals surface area contributed by atoms with Crippen LogP contribution in [0.1, 0.15) is 20.8 Å². The van der Waals surface area contributed by atoms with Crippen molar-refractivity contribution in [3.63, 3.8) is 0 Å². The number of nitrogens with one attached hydrogen (secondary N) is 2. The minimum absolute atomic E-state index is 0.255. The van der Waals surface area contributed by atoms with Crippen molar-refractivity contribution in [2.45, 2.75) is 64.9 Å². The van der Waals surface area contributed by atoms with E-state index in [4.69, 9.17) is 28.9 Å². The molecule has 1 saturated heterocycles. The van der Waals surface area contributed by atoms with Crippen LogP contribution in [0, 0.1) is 0 Å². The van der Waals surface area contributed by atoms with Gasteiger partial charge in [-0.3, -0.25) is 4.79 Å². The molecule has 50 heavy (non-hydrogen) atoms.